The Balaban J connectivity index is 2.23. The Hall–Kier alpha value is -1.51. The van der Waals surface area contributed by atoms with Crippen LogP contribution in [0, 0.1) is 10.1 Å². The molecule has 21 heavy (non-hydrogen) atoms. The number of ether oxygens (including phenoxy) is 1. The van der Waals surface area contributed by atoms with Crippen LogP contribution in [0.4, 0.5) is 5.69 Å². The van der Waals surface area contributed by atoms with Crippen molar-refractivity contribution in [3.63, 3.8) is 0 Å². The van der Waals surface area contributed by atoms with Crippen LogP contribution in [0.3, 0.4) is 0 Å². The number of benzene rings is 1. The Kier molecular flexibility index (Phi) is 4.92. The van der Waals surface area contributed by atoms with Crippen LogP contribution in [0.5, 0.6) is 0 Å². The summed E-state index contributed by atoms with van der Waals surface area (Å²) in [5.41, 5.74) is 5.96. The number of non-ortho nitro benzene ring substituents is 1. The molecule has 0 aliphatic carbocycles. The molecule has 0 aromatic heterocycles. The molecule has 1 aromatic carbocycles. The monoisotopic (exact) mass is 357 g/mol. The molecule has 0 saturated carbocycles. The highest BCUT2D eigenvalue weighted by Gasteiger charge is 2.28. The number of hydrogen-bond acceptors (Lipinski definition) is 5. The third-order valence-corrected chi connectivity index (χ3v) is 4.05. The van der Waals surface area contributed by atoms with E-state index < -0.39 is 4.92 Å². The second-order valence-electron chi connectivity index (χ2n) is 4.94. The van der Waals surface area contributed by atoms with Crippen molar-refractivity contribution in [1.29, 1.82) is 0 Å². The number of nitrogens with two attached hydrogens (primary N) is 1. The van der Waals surface area contributed by atoms with Crippen molar-refractivity contribution in [2.24, 2.45) is 5.73 Å². The zero-order valence-electron chi connectivity index (χ0n) is 11.5. The van der Waals surface area contributed by atoms with Crippen molar-refractivity contribution in [2.75, 3.05) is 19.7 Å². The Morgan fingerprint density at radius 1 is 1.62 bits per heavy atom. The first kappa shape index (κ1) is 15.9. The quantitative estimate of drug-likeness (QED) is 0.653. The lowest BCUT2D eigenvalue weighted by molar-refractivity contribution is -0.384. The van der Waals surface area contributed by atoms with Crippen molar-refractivity contribution >= 4 is 27.5 Å². The van der Waals surface area contributed by atoms with Crippen LogP contribution in [0.1, 0.15) is 17.3 Å². The fourth-order valence-corrected chi connectivity index (χ4v) is 2.56. The van der Waals surface area contributed by atoms with Crippen molar-refractivity contribution in [3.05, 3.63) is 38.3 Å². The SMILES string of the molecule is CC(N)C1CN(C(=O)c2cc([N+](=O)[O-])ccc2Br)CCO1. The maximum absolute atomic E-state index is 12.5. The summed E-state index contributed by atoms with van der Waals surface area (Å²) in [4.78, 5) is 24.5. The molecule has 8 heteroatoms. The average Bonchev–Trinajstić information content (AvgIpc) is 2.47. The van der Waals surface area contributed by atoms with Crippen LogP contribution < -0.4 is 5.73 Å². The van der Waals surface area contributed by atoms with Crippen LogP contribution in [0.15, 0.2) is 22.7 Å². The molecule has 2 atom stereocenters. The highest BCUT2D eigenvalue weighted by atomic mass is 79.9. The summed E-state index contributed by atoms with van der Waals surface area (Å²) in [6.07, 6.45) is -0.222. The molecular weight excluding hydrogens is 342 g/mol. The largest absolute Gasteiger partial charge is 0.373 e. The second-order valence-corrected chi connectivity index (χ2v) is 5.80. The maximum Gasteiger partial charge on any atom is 0.270 e. The Morgan fingerprint density at radius 3 is 2.95 bits per heavy atom. The molecule has 7 nitrogen and oxygen atoms in total. The normalized spacial score (nSPS) is 20.1. The number of nitro benzene ring substituents is 1. The van der Waals surface area contributed by atoms with Crippen molar-refractivity contribution in [2.45, 2.75) is 19.1 Å². The summed E-state index contributed by atoms with van der Waals surface area (Å²) in [5.74, 6) is -0.264. The summed E-state index contributed by atoms with van der Waals surface area (Å²) >= 11 is 3.26. The number of amides is 1. The van der Waals surface area contributed by atoms with E-state index in [9.17, 15) is 14.9 Å². The zero-order valence-corrected chi connectivity index (χ0v) is 13.1. The van der Waals surface area contributed by atoms with Gasteiger partial charge in [-0.15, -0.1) is 0 Å². The molecule has 1 amide bonds. The van der Waals surface area contributed by atoms with Crippen LogP contribution in [-0.4, -0.2) is 47.6 Å². The smallest absolute Gasteiger partial charge is 0.270 e. The number of hydrogen-bond donors (Lipinski definition) is 1. The van der Waals surface area contributed by atoms with Crippen LogP contribution in [0.2, 0.25) is 0 Å². The van der Waals surface area contributed by atoms with Gasteiger partial charge in [-0.05, 0) is 28.9 Å². The topological polar surface area (TPSA) is 98.7 Å². The fourth-order valence-electron chi connectivity index (χ4n) is 2.14. The van der Waals surface area contributed by atoms with Gasteiger partial charge in [0.25, 0.3) is 11.6 Å². The van der Waals surface area contributed by atoms with Crippen molar-refractivity contribution < 1.29 is 14.5 Å². The molecule has 0 bridgehead atoms. The van der Waals surface area contributed by atoms with E-state index in [-0.39, 0.29) is 29.3 Å². The lowest BCUT2D eigenvalue weighted by Gasteiger charge is -2.34. The Morgan fingerprint density at radius 2 is 2.33 bits per heavy atom. The van der Waals surface area contributed by atoms with E-state index in [0.717, 1.165) is 0 Å². The van der Waals surface area contributed by atoms with E-state index in [4.69, 9.17) is 10.5 Å². The molecule has 0 spiro atoms. The lowest BCUT2D eigenvalue weighted by atomic mass is 10.1. The van der Waals surface area contributed by atoms with E-state index in [1.807, 2.05) is 6.92 Å². The van der Waals surface area contributed by atoms with Gasteiger partial charge in [0.1, 0.15) is 0 Å². The number of carbonyl (C=O) groups is 1. The second kappa shape index (κ2) is 6.50. The minimum absolute atomic E-state index is 0.112. The molecule has 1 fully saturated rings. The highest BCUT2D eigenvalue weighted by molar-refractivity contribution is 9.10. The van der Waals surface area contributed by atoms with Gasteiger partial charge < -0.3 is 15.4 Å². The standard InChI is InChI=1S/C13H16BrN3O4/c1-8(15)12-7-16(4-5-21-12)13(18)10-6-9(17(19)20)2-3-11(10)14/h2-3,6,8,12H,4-5,7,15H2,1H3. The van der Waals surface area contributed by atoms with Gasteiger partial charge in [0, 0.05) is 35.7 Å². The van der Waals surface area contributed by atoms with Gasteiger partial charge in [-0.3, -0.25) is 14.9 Å². The predicted molar refractivity (Wildman–Crippen MR) is 80.1 cm³/mol. The molecule has 1 aliphatic heterocycles. The third-order valence-electron chi connectivity index (χ3n) is 3.36. The fraction of sp³-hybridized carbons (Fsp3) is 0.462. The molecular formula is C13H16BrN3O4. The number of nitrogens with zero attached hydrogens (tertiary/aromatic N) is 2. The predicted octanol–water partition coefficient (Wildman–Crippen LogP) is 1.55. The van der Waals surface area contributed by atoms with E-state index in [0.29, 0.717) is 24.2 Å². The van der Waals surface area contributed by atoms with Gasteiger partial charge >= 0.3 is 0 Å². The Labute approximate surface area is 130 Å². The number of carbonyl (C=O) groups excluding carboxylic acids is 1. The van der Waals surface area contributed by atoms with Crippen LogP contribution in [-0.2, 0) is 4.74 Å². The van der Waals surface area contributed by atoms with E-state index in [2.05, 4.69) is 15.9 Å². The lowest BCUT2D eigenvalue weighted by Crippen LogP contribution is -2.51. The first-order valence-corrected chi connectivity index (χ1v) is 7.30. The molecule has 2 unspecified atom stereocenters. The summed E-state index contributed by atoms with van der Waals surface area (Å²) in [7, 11) is 0. The molecule has 114 valence electrons. The van der Waals surface area contributed by atoms with Crippen LogP contribution >= 0.6 is 15.9 Å². The molecule has 1 aromatic rings. The van der Waals surface area contributed by atoms with Gasteiger partial charge in [0.15, 0.2) is 0 Å². The van der Waals surface area contributed by atoms with E-state index >= 15 is 0 Å². The van der Waals surface area contributed by atoms with Gasteiger partial charge in [-0.1, -0.05) is 0 Å². The summed E-state index contributed by atoms with van der Waals surface area (Å²) < 4.78 is 6.04. The van der Waals surface area contributed by atoms with Crippen LogP contribution in [0.25, 0.3) is 0 Å². The third kappa shape index (κ3) is 3.58. The van der Waals surface area contributed by atoms with Crippen molar-refractivity contribution in [1.82, 2.24) is 4.90 Å². The zero-order chi connectivity index (χ0) is 15.6. The first-order chi connectivity index (χ1) is 9.90. The minimum atomic E-state index is -0.521. The molecule has 2 N–H and O–H groups in total. The van der Waals surface area contributed by atoms with Crippen molar-refractivity contribution in [3.8, 4) is 0 Å². The molecule has 1 saturated heterocycles. The Bertz CT molecular complexity index is 564. The molecule has 1 aliphatic rings. The average molecular weight is 358 g/mol. The van der Waals surface area contributed by atoms with Gasteiger partial charge in [0.2, 0.25) is 0 Å². The first-order valence-electron chi connectivity index (χ1n) is 6.50. The van der Waals surface area contributed by atoms with Gasteiger partial charge in [0.05, 0.1) is 23.2 Å². The van der Waals surface area contributed by atoms with E-state index in [1.54, 1.807) is 4.90 Å². The summed E-state index contributed by atoms with van der Waals surface area (Å²) in [5, 5.41) is 10.8. The van der Waals surface area contributed by atoms with E-state index in [1.165, 1.54) is 18.2 Å². The molecule has 1 heterocycles. The highest BCUT2D eigenvalue weighted by Crippen LogP contribution is 2.24. The number of nitro groups is 1. The maximum atomic E-state index is 12.5. The van der Waals surface area contributed by atoms with Gasteiger partial charge in [-0.25, -0.2) is 0 Å². The minimum Gasteiger partial charge on any atom is -0.373 e. The summed E-state index contributed by atoms with van der Waals surface area (Å²) in [6.45, 7) is 3.05. The number of morpholine rings is 1. The molecule has 2 rings (SSSR count). The number of rotatable bonds is 3. The number of halogens is 1. The molecule has 0 radical (unpaired) electrons. The van der Waals surface area contributed by atoms with Gasteiger partial charge in [-0.2, -0.15) is 0 Å². The summed E-state index contributed by atoms with van der Waals surface area (Å²) in [6, 6.07) is 3.96.